The fraction of sp³-hybridized carbons (Fsp3) is 1.00. The van der Waals surface area contributed by atoms with Gasteiger partial charge in [-0.05, 0) is 40.0 Å². The van der Waals surface area contributed by atoms with Crippen LogP contribution in [0.15, 0.2) is 0 Å². The highest BCUT2D eigenvalue weighted by Gasteiger charge is 2.02. The molecule has 0 aromatic rings. The maximum absolute atomic E-state index is 5.10. The van der Waals surface area contributed by atoms with Crippen molar-refractivity contribution in [3.63, 3.8) is 0 Å². The molecule has 2 aliphatic rings. The second-order valence-electron chi connectivity index (χ2n) is 4.63. The van der Waals surface area contributed by atoms with Gasteiger partial charge in [-0.3, -0.25) is 0 Å². The highest BCUT2D eigenvalue weighted by Crippen LogP contribution is 2.06. The van der Waals surface area contributed by atoms with E-state index in [4.69, 9.17) is 4.74 Å². The second-order valence-corrected chi connectivity index (χ2v) is 4.63. The topological polar surface area (TPSA) is 15.7 Å². The van der Waals surface area contributed by atoms with Gasteiger partial charge in [0.05, 0.1) is 13.2 Å². The highest BCUT2D eigenvalue weighted by molar-refractivity contribution is 4.57. The monoisotopic (exact) mass is 214 g/mol. The van der Waals surface area contributed by atoms with Gasteiger partial charge in [0.15, 0.2) is 0 Å². The number of hydrogen-bond donors (Lipinski definition) is 0. The zero-order valence-electron chi connectivity index (χ0n) is 10.4. The van der Waals surface area contributed by atoms with E-state index >= 15 is 0 Å². The van der Waals surface area contributed by atoms with E-state index in [0.29, 0.717) is 0 Å². The molecular formula is C12H26N2O. The van der Waals surface area contributed by atoms with Gasteiger partial charge in [-0.1, -0.05) is 12.8 Å². The third-order valence-electron chi connectivity index (χ3n) is 3.06. The summed E-state index contributed by atoms with van der Waals surface area (Å²) in [6.07, 6.45) is 5.72. The average molecular weight is 214 g/mol. The van der Waals surface area contributed by atoms with Crippen molar-refractivity contribution in [1.82, 2.24) is 9.80 Å². The maximum atomic E-state index is 5.10. The van der Waals surface area contributed by atoms with Crippen molar-refractivity contribution >= 4 is 0 Å². The maximum Gasteiger partial charge on any atom is 0.0594 e. The van der Waals surface area contributed by atoms with E-state index in [2.05, 4.69) is 23.9 Å². The van der Waals surface area contributed by atoms with Gasteiger partial charge in [0.1, 0.15) is 0 Å². The number of morpholine rings is 1. The Hall–Kier alpha value is -0.120. The van der Waals surface area contributed by atoms with Crippen LogP contribution >= 0.6 is 0 Å². The summed E-state index contributed by atoms with van der Waals surface area (Å²) in [5, 5.41) is 0. The second kappa shape index (κ2) is 8.08. The van der Waals surface area contributed by atoms with Crippen LogP contribution in [-0.4, -0.2) is 63.3 Å². The first-order valence-electron chi connectivity index (χ1n) is 6.24. The Labute approximate surface area is 94.4 Å². The lowest BCUT2D eigenvalue weighted by molar-refractivity contribution is 0.0503. The lowest BCUT2D eigenvalue weighted by Gasteiger charge is -2.21. The van der Waals surface area contributed by atoms with Gasteiger partial charge in [0.25, 0.3) is 0 Å². The van der Waals surface area contributed by atoms with Gasteiger partial charge in [-0.15, -0.1) is 0 Å². The number of likely N-dealkylation sites (tertiary alicyclic amines) is 1. The molecule has 0 N–H and O–H groups in total. The standard InChI is InChI=1S/C7H15N.C5H11NO/c1-8-6-4-2-3-5-7-8;1-6-2-4-7-5-3-6/h2-7H2,1H3;2-5H2,1H3. The van der Waals surface area contributed by atoms with Crippen LogP contribution in [0.2, 0.25) is 0 Å². The Kier molecular flexibility index (Phi) is 6.98. The van der Waals surface area contributed by atoms with Crippen molar-refractivity contribution in [2.75, 3.05) is 53.5 Å². The van der Waals surface area contributed by atoms with E-state index in [1.165, 1.54) is 38.8 Å². The minimum Gasteiger partial charge on any atom is -0.379 e. The molecule has 90 valence electrons. The van der Waals surface area contributed by atoms with Crippen molar-refractivity contribution in [1.29, 1.82) is 0 Å². The summed E-state index contributed by atoms with van der Waals surface area (Å²) in [6, 6.07) is 0. The summed E-state index contributed by atoms with van der Waals surface area (Å²) in [7, 11) is 4.33. The van der Waals surface area contributed by atoms with E-state index in [1.807, 2.05) is 0 Å². The van der Waals surface area contributed by atoms with Crippen LogP contribution < -0.4 is 0 Å². The van der Waals surface area contributed by atoms with E-state index in [0.717, 1.165) is 26.3 Å². The largest absolute Gasteiger partial charge is 0.379 e. The molecule has 0 aliphatic carbocycles. The lowest BCUT2D eigenvalue weighted by atomic mass is 10.2. The Morgan fingerprint density at radius 1 is 0.667 bits per heavy atom. The fourth-order valence-corrected chi connectivity index (χ4v) is 1.88. The molecular weight excluding hydrogens is 188 g/mol. The predicted molar refractivity (Wildman–Crippen MR) is 64.3 cm³/mol. The third-order valence-corrected chi connectivity index (χ3v) is 3.06. The number of hydrogen-bond acceptors (Lipinski definition) is 3. The van der Waals surface area contributed by atoms with Crippen LogP contribution in [-0.2, 0) is 4.74 Å². The molecule has 0 aromatic heterocycles. The van der Waals surface area contributed by atoms with Crippen LogP contribution in [0.5, 0.6) is 0 Å². The van der Waals surface area contributed by atoms with E-state index in [9.17, 15) is 0 Å². The first kappa shape index (κ1) is 12.9. The first-order valence-corrected chi connectivity index (χ1v) is 6.24. The van der Waals surface area contributed by atoms with E-state index < -0.39 is 0 Å². The quantitative estimate of drug-likeness (QED) is 0.607. The highest BCUT2D eigenvalue weighted by atomic mass is 16.5. The summed E-state index contributed by atoms with van der Waals surface area (Å²) < 4.78 is 5.10. The Balaban J connectivity index is 0.000000151. The summed E-state index contributed by atoms with van der Waals surface area (Å²) in [6.45, 7) is 6.66. The van der Waals surface area contributed by atoms with Crippen LogP contribution in [0.25, 0.3) is 0 Å². The van der Waals surface area contributed by atoms with E-state index in [1.54, 1.807) is 0 Å². The van der Waals surface area contributed by atoms with Crippen LogP contribution in [0.3, 0.4) is 0 Å². The molecule has 3 heteroatoms. The summed E-state index contributed by atoms with van der Waals surface area (Å²) in [5.74, 6) is 0. The molecule has 2 rings (SSSR count). The normalized spacial score (nSPS) is 25.2. The minimum absolute atomic E-state index is 0.913. The number of likely N-dealkylation sites (N-methyl/N-ethyl adjacent to an activating group) is 1. The van der Waals surface area contributed by atoms with Crippen LogP contribution in [0, 0.1) is 0 Å². The Bertz CT molecular complexity index is 139. The zero-order valence-corrected chi connectivity index (χ0v) is 10.4. The molecule has 2 heterocycles. The van der Waals surface area contributed by atoms with E-state index in [-0.39, 0.29) is 0 Å². The average Bonchev–Trinajstić information content (AvgIpc) is 2.48. The molecule has 0 radical (unpaired) electrons. The van der Waals surface area contributed by atoms with Gasteiger partial charge >= 0.3 is 0 Å². The predicted octanol–water partition coefficient (Wildman–Crippen LogP) is 1.44. The van der Waals surface area contributed by atoms with Crippen molar-refractivity contribution < 1.29 is 4.74 Å². The molecule has 2 aliphatic heterocycles. The molecule has 0 saturated carbocycles. The van der Waals surface area contributed by atoms with Gasteiger partial charge in [0, 0.05) is 13.1 Å². The fourth-order valence-electron chi connectivity index (χ4n) is 1.88. The molecule has 15 heavy (non-hydrogen) atoms. The van der Waals surface area contributed by atoms with Gasteiger partial charge in [-0.2, -0.15) is 0 Å². The SMILES string of the molecule is CN1CCCCCC1.CN1CCOCC1. The molecule has 2 fully saturated rings. The molecule has 3 nitrogen and oxygen atoms in total. The van der Waals surface area contributed by atoms with Crippen molar-refractivity contribution in [2.24, 2.45) is 0 Å². The molecule has 0 bridgehead atoms. The Morgan fingerprint density at radius 3 is 1.53 bits per heavy atom. The molecule has 2 saturated heterocycles. The number of ether oxygens (including phenoxy) is 1. The molecule has 0 atom stereocenters. The molecule has 0 aromatic carbocycles. The van der Waals surface area contributed by atoms with Gasteiger partial charge in [-0.25, -0.2) is 0 Å². The summed E-state index contributed by atoms with van der Waals surface area (Å²) in [4.78, 5) is 4.69. The first-order chi connectivity index (χ1) is 7.29. The smallest absolute Gasteiger partial charge is 0.0594 e. The minimum atomic E-state index is 0.913. The molecule has 0 spiro atoms. The van der Waals surface area contributed by atoms with Gasteiger partial charge < -0.3 is 14.5 Å². The number of rotatable bonds is 0. The van der Waals surface area contributed by atoms with Crippen LogP contribution in [0.1, 0.15) is 25.7 Å². The zero-order chi connectivity index (χ0) is 10.9. The summed E-state index contributed by atoms with van der Waals surface area (Å²) >= 11 is 0. The van der Waals surface area contributed by atoms with Crippen molar-refractivity contribution in [3.8, 4) is 0 Å². The Morgan fingerprint density at radius 2 is 1.13 bits per heavy atom. The van der Waals surface area contributed by atoms with Crippen molar-refractivity contribution in [3.05, 3.63) is 0 Å². The molecule has 0 unspecified atom stereocenters. The molecule has 0 amide bonds. The van der Waals surface area contributed by atoms with Gasteiger partial charge in [0.2, 0.25) is 0 Å². The lowest BCUT2D eigenvalue weighted by Crippen LogP contribution is -2.32. The third kappa shape index (κ3) is 6.88. The van der Waals surface area contributed by atoms with Crippen molar-refractivity contribution in [2.45, 2.75) is 25.7 Å². The van der Waals surface area contributed by atoms with Crippen LogP contribution in [0.4, 0.5) is 0 Å². The number of nitrogens with zero attached hydrogens (tertiary/aromatic N) is 2. The summed E-state index contributed by atoms with van der Waals surface area (Å²) in [5.41, 5.74) is 0.